The van der Waals surface area contributed by atoms with Crippen LogP contribution in [0.1, 0.15) is 16.7 Å². The predicted octanol–water partition coefficient (Wildman–Crippen LogP) is 4.50. The van der Waals surface area contributed by atoms with Gasteiger partial charge >= 0.3 is 6.18 Å². The Bertz CT molecular complexity index is 651. The molecule has 0 unspecified atom stereocenters. The van der Waals surface area contributed by atoms with Crippen LogP contribution in [0.25, 0.3) is 0 Å². The van der Waals surface area contributed by atoms with Crippen molar-refractivity contribution in [3.63, 3.8) is 0 Å². The molecule has 1 aromatic carbocycles. The maximum Gasteiger partial charge on any atom is 0.416 e. The van der Waals surface area contributed by atoms with Crippen molar-refractivity contribution in [1.29, 1.82) is 0 Å². The van der Waals surface area contributed by atoms with Crippen molar-refractivity contribution in [3.8, 4) is 0 Å². The Morgan fingerprint density at radius 1 is 1.00 bits per heavy atom. The van der Waals surface area contributed by atoms with Crippen molar-refractivity contribution in [2.45, 2.75) is 20.0 Å². The number of benzene rings is 1. The minimum Gasteiger partial charge on any atom is -0.373 e. The van der Waals surface area contributed by atoms with Crippen LogP contribution in [0.5, 0.6) is 0 Å². The molecule has 0 aliphatic heterocycles. The van der Waals surface area contributed by atoms with Crippen LogP contribution in [0.3, 0.4) is 0 Å². The first-order chi connectivity index (χ1) is 9.79. The van der Waals surface area contributed by atoms with Gasteiger partial charge in [-0.3, -0.25) is 0 Å². The maximum absolute atomic E-state index is 12.9. The van der Waals surface area contributed by atoms with Gasteiger partial charge in [0.25, 0.3) is 0 Å². The normalized spacial score (nSPS) is 11.3. The molecule has 6 heteroatoms. The molecule has 0 aliphatic carbocycles. The number of rotatable bonds is 3. The Hall–Kier alpha value is -2.24. The van der Waals surface area contributed by atoms with E-state index in [0.717, 1.165) is 28.9 Å². The molecule has 2 aromatic rings. The fourth-order valence-corrected chi connectivity index (χ4v) is 1.89. The van der Waals surface area contributed by atoms with Gasteiger partial charge in [-0.25, -0.2) is 4.98 Å². The summed E-state index contributed by atoms with van der Waals surface area (Å²) < 4.78 is 38.6. The summed E-state index contributed by atoms with van der Waals surface area (Å²) in [5, 5.41) is 5.59. The van der Waals surface area contributed by atoms with Crippen molar-refractivity contribution >= 4 is 17.3 Å². The van der Waals surface area contributed by atoms with E-state index in [2.05, 4.69) is 15.6 Å². The Morgan fingerprint density at radius 2 is 1.67 bits per heavy atom. The Morgan fingerprint density at radius 3 is 2.29 bits per heavy atom. The highest BCUT2D eigenvalue weighted by atomic mass is 19.4. The van der Waals surface area contributed by atoms with E-state index in [9.17, 15) is 13.2 Å². The van der Waals surface area contributed by atoms with Gasteiger partial charge in [0.2, 0.25) is 0 Å². The van der Waals surface area contributed by atoms with Crippen molar-refractivity contribution < 1.29 is 13.2 Å². The first-order valence-corrected chi connectivity index (χ1v) is 6.41. The lowest BCUT2D eigenvalue weighted by Crippen LogP contribution is -2.08. The van der Waals surface area contributed by atoms with Gasteiger partial charge in [0, 0.05) is 12.7 Å². The monoisotopic (exact) mass is 295 g/mol. The first-order valence-electron chi connectivity index (χ1n) is 6.41. The van der Waals surface area contributed by atoms with Gasteiger partial charge in [-0.2, -0.15) is 13.2 Å². The lowest BCUT2D eigenvalue weighted by molar-refractivity contribution is -0.137. The molecule has 0 aliphatic rings. The molecule has 0 fully saturated rings. The Balaban J connectivity index is 2.42. The molecular weight excluding hydrogens is 279 g/mol. The first kappa shape index (κ1) is 15.2. The van der Waals surface area contributed by atoms with E-state index in [-0.39, 0.29) is 11.6 Å². The molecule has 0 spiro atoms. The molecule has 112 valence electrons. The van der Waals surface area contributed by atoms with E-state index in [0.29, 0.717) is 0 Å². The summed E-state index contributed by atoms with van der Waals surface area (Å²) in [7, 11) is 1.53. The summed E-state index contributed by atoms with van der Waals surface area (Å²) in [4.78, 5) is 4.11. The number of aromatic nitrogens is 1. The molecule has 1 heterocycles. The van der Waals surface area contributed by atoms with Crippen LogP contribution in [0.4, 0.5) is 30.5 Å². The molecule has 0 amide bonds. The number of pyridine rings is 1. The number of anilines is 3. The fraction of sp³-hybridized carbons (Fsp3) is 0.267. The average Bonchev–Trinajstić information content (AvgIpc) is 2.41. The molecule has 21 heavy (non-hydrogen) atoms. The van der Waals surface area contributed by atoms with E-state index in [4.69, 9.17) is 0 Å². The van der Waals surface area contributed by atoms with Crippen LogP contribution >= 0.6 is 0 Å². The van der Waals surface area contributed by atoms with E-state index in [1.165, 1.54) is 7.05 Å². The Labute approximate surface area is 121 Å². The van der Waals surface area contributed by atoms with Gasteiger partial charge in [-0.1, -0.05) is 12.1 Å². The molecule has 0 saturated carbocycles. The number of nitrogens with one attached hydrogen (secondary N) is 2. The second kappa shape index (κ2) is 5.63. The van der Waals surface area contributed by atoms with Gasteiger partial charge in [0.05, 0.1) is 5.56 Å². The highest BCUT2D eigenvalue weighted by molar-refractivity contribution is 5.63. The third-order valence-electron chi connectivity index (χ3n) is 3.06. The zero-order valence-corrected chi connectivity index (χ0v) is 12.0. The molecule has 0 atom stereocenters. The van der Waals surface area contributed by atoms with Crippen LogP contribution in [-0.4, -0.2) is 12.0 Å². The molecule has 0 radical (unpaired) electrons. The Kier molecular flexibility index (Phi) is 4.06. The number of aryl methyl sites for hydroxylation is 2. The van der Waals surface area contributed by atoms with E-state index < -0.39 is 11.7 Å². The molecule has 0 bridgehead atoms. The third kappa shape index (κ3) is 3.65. The quantitative estimate of drug-likeness (QED) is 0.875. The van der Waals surface area contributed by atoms with Gasteiger partial charge in [-0.05, 0) is 43.2 Å². The van der Waals surface area contributed by atoms with Crippen LogP contribution in [0.15, 0.2) is 30.3 Å². The predicted molar refractivity (Wildman–Crippen MR) is 78.0 cm³/mol. The van der Waals surface area contributed by atoms with Gasteiger partial charge in [-0.15, -0.1) is 0 Å². The summed E-state index contributed by atoms with van der Waals surface area (Å²) in [6, 6.07) is 7.70. The summed E-state index contributed by atoms with van der Waals surface area (Å²) in [6.45, 7) is 3.80. The standard InChI is InChI=1S/C15H16F3N3/c1-9-4-5-10(2)12(6-9)20-14-8-11(15(16,17)18)7-13(19-3)21-14/h4-8H,1-3H3,(H2,19,20,21). The van der Waals surface area contributed by atoms with Crippen LogP contribution in [0.2, 0.25) is 0 Å². The van der Waals surface area contributed by atoms with Crippen molar-refractivity contribution in [2.75, 3.05) is 17.7 Å². The largest absolute Gasteiger partial charge is 0.416 e. The van der Waals surface area contributed by atoms with Crippen molar-refractivity contribution in [3.05, 3.63) is 47.0 Å². The lowest BCUT2D eigenvalue weighted by Gasteiger charge is -2.14. The summed E-state index contributed by atoms with van der Waals surface area (Å²) in [5.41, 5.74) is 1.95. The molecule has 2 N–H and O–H groups in total. The molecule has 1 aromatic heterocycles. The lowest BCUT2D eigenvalue weighted by atomic mass is 10.1. The minimum atomic E-state index is -4.41. The van der Waals surface area contributed by atoms with E-state index in [1.54, 1.807) is 0 Å². The molecular formula is C15H16F3N3. The second-order valence-corrected chi connectivity index (χ2v) is 4.82. The zero-order chi connectivity index (χ0) is 15.6. The highest BCUT2D eigenvalue weighted by Crippen LogP contribution is 2.33. The van der Waals surface area contributed by atoms with E-state index >= 15 is 0 Å². The smallest absolute Gasteiger partial charge is 0.373 e. The van der Waals surface area contributed by atoms with Crippen LogP contribution in [0, 0.1) is 13.8 Å². The summed E-state index contributed by atoms with van der Waals surface area (Å²) in [6.07, 6.45) is -4.41. The van der Waals surface area contributed by atoms with Crippen LogP contribution < -0.4 is 10.6 Å². The van der Waals surface area contributed by atoms with Crippen molar-refractivity contribution in [2.24, 2.45) is 0 Å². The van der Waals surface area contributed by atoms with Gasteiger partial charge < -0.3 is 10.6 Å². The minimum absolute atomic E-state index is 0.155. The van der Waals surface area contributed by atoms with Gasteiger partial charge in [0.1, 0.15) is 11.6 Å². The topological polar surface area (TPSA) is 37.0 Å². The number of halogens is 3. The SMILES string of the molecule is CNc1cc(C(F)(F)F)cc(Nc2cc(C)ccc2C)n1. The molecule has 0 saturated heterocycles. The second-order valence-electron chi connectivity index (χ2n) is 4.82. The highest BCUT2D eigenvalue weighted by Gasteiger charge is 2.31. The third-order valence-corrected chi connectivity index (χ3v) is 3.06. The number of hydrogen-bond donors (Lipinski definition) is 2. The van der Waals surface area contributed by atoms with Crippen LogP contribution in [-0.2, 0) is 6.18 Å². The number of nitrogens with zero attached hydrogens (tertiary/aromatic N) is 1. The number of hydrogen-bond acceptors (Lipinski definition) is 3. The maximum atomic E-state index is 12.9. The molecule has 2 rings (SSSR count). The average molecular weight is 295 g/mol. The fourth-order valence-electron chi connectivity index (χ4n) is 1.89. The molecule has 3 nitrogen and oxygen atoms in total. The zero-order valence-electron chi connectivity index (χ0n) is 12.0. The van der Waals surface area contributed by atoms with Gasteiger partial charge in [0.15, 0.2) is 0 Å². The number of alkyl halides is 3. The van der Waals surface area contributed by atoms with Crippen molar-refractivity contribution in [1.82, 2.24) is 4.98 Å². The summed E-state index contributed by atoms with van der Waals surface area (Å²) >= 11 is 0. The summed E-state index contributed by atoms with van der Waals surface area (Å²) in [5.74, 6) is 0.320. The van der Waals surface area contributed by atoms with E-state index in [1.807, 2.05) is 32.0 Å².